The minimum atomic E-state index is 0.0304. The summed E-state index contributed by atoms with van der Waals surface area (Å²) in [7, 11) is 0. The maximum absolute atomic E-state index is 14.0. The number of hydrogen-bond acceptors (Lipinski definition) is 3. The van der Waals surface area contributed by atoms with Gasteiger partial charge in [0.1, 0.15) is 4.83 Å². The van der Waals surface area contributed by atoms with Crippen LogP contribution in [0.3, 0.4) is 0 Å². The lowest BCUT2D eigenvalue weighted by molar-refractivity contribution is 1.22. The Hall–Kier alpha value is -5.32. The lowest BCUT2D eigenvalue weighted by Gasteiger charge is -2.13. The molecule has 0 N–H and O–H groups in total. The van der Waals surface area contributed by atoms with Gasteiger partial charge in [0.05, 0.1) is 5.52 Å². The van der Waals surface area contributed by atoms with Gasteiger partial charge >= 0.3 is 0 Å². The highest BCUT2D eigenvalue weighted by Gasteiger charge is 2.22. The Balaban J connectivity index is 1.44. The third-order valence-corrected chi connectivity index (χ3v) is 9.56. The number of benzene rings is 5. The summed E-state index contributed by atoms with van der Waals surface area (Å²) in [6.07, 6.45) is 3.76. The van der Waals surface area contributed by atoms with Crippen LogP contribution >= 0.6 is 11.3 Å². The second kappa shape index (κ2) is 8.84. The third-order valence-electron chi connectivity index (χ3n) is 8.41. The Morgan fingerprint density at radius 3 is 1.79 bits per heavy atom. The molecule has 4 heterocycles. The summed E-state index contributed by atoms with van der Waals surface area (Å²) in [6.45, 7) is 0. The Kier molecular flexibility index (Phi) is 4.92. The van der Waals surface area contributed by atoms with E-state index in [1.807, 2.05) is 41.1 Å². The third kappa shape index (κ3) is 3.33. The summed E-state index contributed by atoms with van der Waals surface area (Å²) >= 11 is 1.66. The molecule has 0 aliphatic carbocycles. The number of hydrogen-bond donors (Lipinski definition) is 0. The van der Waals surface area contributed by atoms with E-state index in [2.05, 4.69) is 102 Å². The van der Waals surface area contributed by atoms with Crippen LogP contribution in [-0.2, 0) is 0 Å². The molecule has 9 rings (SSSR count). The summed E-state index contributed by atoms with van der Waals surface area (Å²) in [5, 5.41) is 6.09. The SMILES string of the molecule is O=c1c2ccccc2c2cc(-c3cc(-c4ccccc4)cc(-c4ccccc4)c3)cc3c4c5cnccc5sc4n1c23. The van der Waals surface area contributed by atoms with Gasteiger partial charge in [-0.3, -0.25) is 14.2 Å². The van der Waals surface area contributed by atoms with E-state index in [0.717, 1.165) is 58.5 Å². The van der Waals surface area contributed by atoms with E-state index < -0.39 is 0 Å². The molecule has 4 heteroatoms. The minimum absolute atomic E-state index is 0.0304. The second-order valence-electron chi connectivity index (χ2n) is 10.8. The topological polar surface area (TPSA) is 34.4 Å². The lowest BCUT2D eigenvalue weighted by Crippen LogP contribution is -2.12. The van der Waals surface area contributed by atoms with Crippen LogP contribution in [0.5, 0.6) is 0 Å². The molecule has 42 heavy (non-hydrogen) atoms. The number of fused-ring (bicyclic) bond motifs is 7. The van der Waals surface area contributed by atoms with Crippen molar-refractivity contribution < 1.29 is 0 Å². The fourth-order valence-electron chi connectivity index (χ4n) is 6.49. The molecule has 0 saturated carbocycles. The first-order valence-electron chi connectivity index (χ1n) is 14.0. The van der Waals surface area contributed by atoms with Crippen molar-refractivity contribution in [3.8, 4) is 33.4 Å². The molecule has 0 atom stereocenters. The largest absolute Gasteiger partial charge is 0.268 e. The minimum Gasteiger partial charge on any atom is -0.268 e. The van der Waals surface area contributed by atoms with E-state index in [0.29, 0.717) is 0 Å². The molecule has 0 spiro atoms. The average Bonchev–Trinajstić information content (AvgIpc) is 3.59. The number of thiophene rings is 1. The van der Waals surface area contributed by atoms with Gasteiger partial charge in [-0.05, 0) is 81.2 Å². The second-order valence-corrected chi connectivity index (χ2v) is 11.8. The Morgan fingerprint density at radius 1 is 0.524 bits per heavy atom. The molecule has 0 radical (unpaired) electrons. The summed E-state index contributed by atoms with van der Waals surface area (Å²) in [4.78, 5) is 19.4. The summed E-state index contributed by atoms with van der Waals surface area (Å²) in [5.41, 5.74) is 7.98. The van der Waals surface area contributed by atoms with Crippen molar-refractivity contribution in [2.75, 3.05) is 0 Å². The summed E-state index contributed by atoms with van der Waals surface area (Å²) in [6, 6.07) is 42.5. The van der Waals surface area contributed by atoms with Crippen molar-refractivity contribution >= 4 is 58.7 Å². The molecule has 0 bridgehead atoms. The Bertz CT molecular complexity index is 2470. The molecular weight excluding hydrogens is 532 g/mol. The zero-order chi connectivity index (χ0) is 27.8. The van der Waals surface area contributed by atoms with Gasteiger partial charge in [0.25, 0.3) is 5.56 Å². The fourth-order valence-corrected chi connectivity index (χ4v) is 7.68. The van der Waals surface area contributed by atoms with Gasteiger partial charge in [0, 0.05) is 44.0 Å². The number of nitrogens with zero attached hydrogens (tertiary/aromatic N) is 2. The Labute approximate surface area is 244 Å². The molecule has 9 aromatic rings. The number of rotatable bonds is 3. The van der Waals surface area contributed by atoms with Crippen LogP contribution in [0.25, 0.3) is 80.7 Å². The Morgan fingerprint density at radius 2 is 1.10 bits per heavy atom. The van der Waals surface area contributed by atoms with Gasteiger partial charge in [0.2, 0.25) is 0 Å². The standard InChI is InChI=1S/C38H22N2OS/c41-37-30-14-8-7-13-29(30)31-20-28(21-32-35-33-22-39-16-15-34(33)42-38(35)40(37)36(31)32)27-18-25(23-9-3-1-4-10-23)17-26(19-27)24-11-5-2-6-12-24/h1-22H. The zero-order valence-corrected chi connectivity index (χ0v) is 23.2. The molecule has 0 aliphatic rings. The van der Waals surface area contributed by atoms with Gasteiger partial charge in [-0.15, -0.1) is 11.3 Å². The molecule has 0 saturated heterocycles. The molecule has 0 unspecified atom stereocenters. The van der Waals surface area contributed by atoms with E-state index in [-0.39, 0.29) is 5.56 Å². The van der Waals surface area contributed by atoms with Gasteiger partial charge in [-0.1, -0.05) is 78.9 Å². The van der Waals surface area contributed by atoms with Crippen LogP contribution in [0.4, 0.5) is 0 Å². The van der Waals surface area contributed by atoms with Crippen LogP contribution in [-0.4, -0.2) is 9.38 Å². The number of pyridine rings is 2. The highest BCUT2D eigenvalue weighted by Crippen LogP contribution is 2.44. The molecule has 0 aliphatic heterocycles. The predicted octanol–water partition coefficient (Wildman–Crippen LogP) is 9.81. The molecule has 5 aromatic carbocycles. The first kappa shape index (κ1) is 23.4. The molecule has 0 fully saturated rings. The average molecular weight is 555 g/mol. The van der Waals surface area contributed by atoms with Crippen molar-refractivity contribution in [2.24, 2.45) is 0 Å². The van der Waals surface area contributed by atoms with Crippen LogP contribution in [0.1, 0.15) is 0 Å². The van der Waals surface area contributed by atoms with Crippen LogP contribution in [0.2, 0.25) is 0 Å². The van der Waals surface area contributed by atoms with E-state index in [1.165, 1.54) is 22.3 Å². The zero-order valence-electron chi connectivity index (χ0n) is 22.4. The smallest absolute Gasteiger partial charge is 0.264 e. The van der Waals surface area contributed by atoms with Crippen molar-refractivity contribution in [2.45, 2.75) is 0 Å². The quantitative estimate of drug-likeness (QED) is 0.204. The van der Waals surface area contributed by atoms with E-state index in [1.54, 1.807) is 11.3 Å². The maximum Gasteiger partial charge on any atom is 0.264 e. The monoisotopic (exact) mass is 554 g/mol. The van der Waals surface area contributed by atoms with Crippen molar-refractivity contribution in [3.63, 3.8) is 0 Å². The van der Waals surface area contributed by atoms with Gasteiger partial charge in [-0.2, -0.15) is 0 Å². The van der Waals surface area contributed by atoms with Crippen LogP contribution in [0, 0.1) is 0 Å². The van der Waals surface area contributed by atoms with Crippen LogP contribution < -0.4 is 5.56 Å². The molecular formula is C38H22N2OS. The lowest BCUT2D eigenvalue weighted by atomic mass is 9.91. The van der Waals surface area contributed by atoms with Gasteiger partial charge in [-0.25, -0.2) is 0 Å². The number of aromatic nitrogens is 2. The van der Waals surface area contributed by atoms with Gasteiger partial charge in [0.15, 0.2) is 0 Å². The highest BCUT2D eigenvalue weighted by atomic mass is 32.1. The maximum atomic E-state index is 14.0. The summed E-state index contributed by atoms with van der Waals surface area (Å²) in [5.74, 6) is 0. The first-order chi connectivity index (χ1) is 20.7. The van der Waals surface area contributed by atoms with Gasteiger partial charge < -0.3 is 0 Å². The normalized spacial score (nSPS) is 11.9. The van der Waals surface area contributed by atoms with Crippen molar-refractivity contribution in [1.29, 1.82) is 0 Å². The van der Waals surface area contributed by atoms with Crippen LogP contribution in [0.15, 0.2) is 139 Å². The predicted molar refractivity (Wildman–Crippen MR) is 177 cm³/mol. The van der Waals surface area contributed by atoms with E-state index in [4.69, 9.17) is 0 Å². The summed E-state index contributed by atoms with van der Waals surface area (Å²) < 4.78 is 3.07. The van der Waals surface area contributed by atoms with E-state index in [9.17, 15) is 4.79 Å². The van der Waals surface area contributed by atoms with Crippen molar-refractivity contribution in [3.05, 3.63) is 144 Å². The molecule has 0 amide bonds. The molecule has 196 valence electrons. The fraction of sp³-hybridized carbons (Fsp3) is 0. The van der Waals surface area contributed by atoms with E-state index >= 15 is 0 Å². The highest BCUT2D eigenvalue weighted by molar-refractivity contribution is 7.25. The first-order valence-corrected chi connectivity index (χ1v) is 14.8. The molecule has 4 aromatic heterocycles. The van der Waals surface area contributed by atoms with Crippen molar-refractivity contribution in [1.82, 2.24) is 9.38 Å². The molecule has 3 nitrogen and oxygen atoms in total.